The van der Waals surface area contributed by atoms with E-state index in [0.29, 0.717) is 17.6 Å². The number of aromatic nitrogens is 2. The van der Waals surface area contributed by atoms with E-state index >= 15 is 0 Å². The van der Waals surface area contributed by atoms with E-state index in [9.17, 15) is 0 Å². The lowest BCUT2D eigenvalue weighted by molar-refractivity contribution is -0.0207. The molecule has 106 valence electrons. The van der Waals surface area contributed by atoms with E-state index in [1.807, 2.05) is 58.0 Å². The molecule has 0 unspecified atom stereocenters. The van der Waals surface area contributed by atoms with E-state index < -0.39 is 5.60 Å². The first-order valence-electron chi connectivity index (χ1n) is 6.69. The van der Waals surface area contributed by atoms with Crippen LogP contribution in [-0.4, -0.2) is 16.6 Å². The van der Waals surface area contributed by atoms with Gasteiger partial charge in [-0.05, 0) is 27.7 Å². The molecule has 0 amide bonds. The van der Waals surface area contributed by atoms with Gasteiger partial charge in [0.2, 0.25) is 0 Å². The molecule has 0 saturated carbocycles. The largest absolute Gasteiger partial charge is 0.368 e. The Morgan fingerprint density at radius 1 is 1.15 bits per heavy atom. The maximum absolute atomic E-state index is 6.27. The fraction of sp³-hybridized carbons (Fsp3) is 0.375. The molecule has 0 bridgehead atoms. The Balaban J connectivity index is 2.56. The first-order chi connectivity index (χ1) is 9.45. The highest BCUT2D eigenvalue weighted by Gasteiger charge is 2.26. The van der Waals surface area contributed by atoms with Crippen LogP contribution in [0.3, 0.4) is 0 Å². The van der Waals surface area contributed by atoms with Crippen LogP contribution in [0.1, 0.15) is 32.2 Å². The van der Waals surface area contributed by atoms with Crippen LogP contribution in [0, 0.1) is 6.92 Å². The second-order valence-electron chi connectivity index (χ2n) is 5.12. The highest BCUT2D eigenvalue weighted by Crippen LogP contribution is 2.30. The summed E-state index contributed by atoms with van der Waals surface area (Å²) < 4.78 is 5.72. The van der Waals surface area contributed by atoms with Crippen LogP contribution in [0.5, 0.6) is 0 Å². The van der Waals surface area contributed by atoms with Gasteiger partial charge in [0.05, 0.1) is 5.69 Å². The van der Waals surface area contributed by atoms with Crippen molar-refractivity contribution in [3.8, 4) is 11.3 Å². The zero-order chi connectivity index (χ0) is 14.8. The Hall–Kier alpha value is -1.45. The molecule has 0 atom stereocenters. The van der Waals surface area contributed by atoms with Gasteiger partial charge in [0.25, 0.3) is 0 Å². The fourth-order valence-electron chi connectivity index (χ4n) is 2.06. The molecule has 0 saturated heterocycles. The number of benzene rings is 1. The molecule has 2 aromatic rings. The van der Waals surface area contributed by atoms with E-state index in [-0.39, 0.29) is 0 Å². The number of ether oxygens (including phenoxy) is 1. The molecule has 3 nitrogen and oxygen atoms in total. The van der Waals surface area contributed by atoms with Crippen molar-refractivity contribution >= 4 is 11.6 Å². The molecule has 1 aromatic carbocycles. The molecule has 0 N–H and O–H groups in total. The van der Waals surface area contributed by atoms with Crippen LogP contribution < -0.4 is 0 Å². The van der Waals surface area contributed by atoms with Crippen molar-refractivity contribution in [3.05, 3.63) is 46.9 Å². The van der Waals surface area contributed by atoms with Gasteiger partial charge in [-0.25, -0.2) is 9.97 Å². The summed E-state index contributed by atoms with van der Waals surface area (Å²) >= 11 is 6.27. The molecule has 20 heavy (non-hydrogen) atoms. The smallest absolute Gasteiger partial charge is 0.162 e. The standard InChI is InChI=1S/C16H19ClN2O/c1-5-20-16(3,4)15-18-13(11(2)14(17)19-15)12-9-7-6-8-10-12/h6-10H,5H2,1-4H3. The van der Waals surface area contributed by atoms with Gasteiger partial charge in [-0.15, -0.1) is 0 Å². The number of hydrogen-bond donors (Lipinski definition) is 0. The van der Waals surface area contributed by atoms with Gasteiger partial charge in [-0.1, -0.05) is 41.9 Å². The van der Waals surface area contributed by atoms with Crippen LogP contribution in [0.2, 0.25) is 5.15 Å². The highest BCUT2D eigenvalue weighted by molar-refractivity contribution is 6.30. The third-order valence-corrected chi connectivity index (χ3v) is 3.55. The van der Waals surface area contributed by atoms with E-state index in [4.69, 9.17) is 16.3 Å². The molecule has 2 rings (SSSR count). The molecular formula is C16H19ClN2O. The first-order valence-corrected chi connectivity index (χ1v) is 7.07. The third-order valence-electron chi connectivity index (χ3n) is 3.18. The minimum atomic E-state index is -0.560. The van der Waals surface area contributed by atoms with Crippen molar-refractivity contribution < 1.29 is 4.74 Å². The van der Waals surface area contributed by atoms with Crippen LogP contribution in [0.25, 0.3) is 11.3 Å². The van der Waals surface area contributed by atoms with Crippen molar-refractivity contribution in [1.82, 2.24) is 9.97 Å². The van der Waals surface area contributed by atoms with Crippen molar-refractivity contribution in [3.63, 3.8) is 0 Å². The molecule has 0 fully saturated rings. The second kappa shape index (κ2) is 5.90. The van der Waals surface area contributed by atoms with Crippen LogP contribution >= 0.6 is 11.6 Å². The van der Waals surface area contributed by atoms with Crippen molar-refractivity contribution in [2.45, 2.75) is 33.3 Å². The lowest BCUT2D eigenvalue weighted by atomic mass is 10.1. The maximum atomic E-state index is 6.27. The molecule has 0 aliphatic rings. The Labute approximate surface area is 125 Å². The molecule has 0 radical (unpaired) electrons. The first kappa shape index (κ1) is 14.9. The summed E-state index contributed by atoms with van der Waals surface area (Å²) in [4.78, 5) is 9.05. The number of rotatable bonds is 4. The van der Waals surface area contributed by atoms with E-state index in [1.165, 1.54) is 0 Å². The Bertz CT molecular complexity index is 597. The van der Waals surface area contributed by atoms with E-state index in [0.717, 1.165) is 16.8 Å². The summed E-state index contributed by atoms with van der Waals surface area (Å²) in [6.45, 7) is 8.39. The predicted octanol–water partition coefficient (Wildman–Crippen LogP) is 4.38. The normalized spacial score (nSPS) is 11.7. The van der Waals surface area contributed by atoms with Gasteiger partial charge >= 0.3 is 0 Å². The summed E-state index contributed by atoms with van der Waals surface area (Å²) in [5, 5.41) is 0.474. The molecular weight excluding hydrogens is 272 g/mol. The molecule has 0 aliphatic heterocycles. The average molecular weight is 291 g/mol. The van der Waals surface area contributed by atoms with Gasteiger partial charge < -0.3 is 4.74 Å². The molecule has 1 heterocycles. The predicted molar refractivity (Wildman–Crippen MR) is 81.9 cm³/mol. The average Bonchev–Trinajstić information content (AvgIpc) is 2.42. The summed E-state index contributed by atoms with van der Waals surface area (Å²) in [6, 6.07) is 9.98. The van der Waals surface area contributed by atoms with Crippen molar-refractivity contribution in [2.75, 3.05) is 6.61 Å². The van der Waals surface area contributed by atoms with Gasteiger partial charge in [0.15, 0.2) is 5.82 Å². The van der Waals surface area contributed by atoms with Crippen molar-refractivity contribution in [2.24, 2.45) is 0 Å². The van der Waals surface area contributed by atoms with Gasteiger partial charge in [0, 0.05) is 17.7 Å². The van der Waals surface area contributed by atoms with Crippen molar-refractivity contribution in [1.29, 1.82) is 0 Å². The Morgan fingerprint density at radius 2 is 1.80 bits per heavy atom. The number of halogens is 1. The Kier molecular flexibility index (Phi) is 4.41. The van der Waals surface area contributed by atoms with E-state index in [1.54, 1.807) is 0 Å². The molecule has 0 spiro atoms. The quantitative estimate of drug-likeness (QED) is 0.784. The number of hydrogen-bond acceptors (Lipinski definition) is 3. The number of nitrogens with zero attached hydrogens (tertiary/aromatic N) is 2. The summed E-state index contributed by atoms with van der Waals surface area (Å²) in [6.07, 6.45) is 0. The lowest BCUT2D eigenvalue weighted by Crippen LogP contribution is -2.25. The van der Waals surface area contributed by atoms with Crippen LogP contribution in [0.4, 0.5) is 0 Å². The second-order valence-corrected chi connectivity index (χ2v) is 5.48. The highest BCUT2D eigenvalue weighted by atomic mass is 35.5. The molecule has 0 aliphatic carbocycles. The zero-order valence-corrected chi connectivity index (χ0v) is 13.0. The maximum Gasteiger partial charge on any atom is 0.162 e. The van der Waals surface area contributed by atoms with E-state index in [2.05, 4.69) is 9.97 Å². The topological polar surface area (TPSA) is 35.0 Å². The summed E-state index contributed by atoms with van der Waals surface area (Å²) in [7, 11) is 0. The SMILES string of the molecule is CCOC(C)(C)c1nc(Cl)c(C)c(-c2ccccc2)n1. The third kappa shape index (κ3) is 3.00. The zero-order valence-electron chi connectivity index (χ0n) is 12.3. The fourth-order valence-corrected chi connectivity index (χ4v) is 2.23. The van der Waals surface area contributed by atoms with Gasteiger partial charge in [-0.2, -0.15) is 0 Å². The summed E-state index contributed by atoms with van der Waals surface area (Å²) in [5.74, 6) is 0.605. The van der Waals surface area contributed by atoms with Gasteiger partial charge in [0.1, 0.15) is 10.8 Å². The molecule has 4 heteroatoms. The minimum absolute atomic E-state index is 0.474. The lowest BCUT2D eigenvalue weighted by Gasteiger charge is -2.24. The van der Waals surface area contributed by atoms with Crippen LogP contribution in [0.15, 0.2) is 30.3 Å². The monoisotopic (exact) mass is 290 g/mol. The van der Waals surface area contributed by atoms with Gasteiger partial charge in [-0.3, -0.25) is 0 Å². The minimum Gasteiger partial charge on any atom is -0.368 e. The Morgan fingerprint density at radius 3 is 2.40 bits per heavy atom. The van der Waals surface area contributed by atoms with Crippen LogP contribution in [-0.2, 0) is 10.3 Å². The molecule has 1 aromatic heterocycles. The summed E-state index contributed by atoms with van der Waals surface area (Å²) in [5.41, 5.74) is 2.21.